The zero-order valence-corrected chi connectivity index (χ0v) is 12.4. The molecule has 1 N–H and O–H groups in total. The van der Waals surface area contributed by atoms with Crippen molar-refractivity contribution in [2.24, 2.45) is 5.92 Å². The van der Waals surface area contributed by atoms with Crippen LogP contribution < -0.4 is 4.74 Å². The number of pyridine rings is 1. The summed E-state index contributed by atoms with van der Waals surface area (Å²) in [5.41, 5.74) is 0.248. The number of carboxylic acid groups (broad SMARTS) is 1. The van der Waals surface area contributed by atoms with Crippen molar-refractivity contribution in [3.63, 3.8) is 0 Å². The number of ketones is 1. The summed E-state index contributed by atoms with van der Waals surface area (Å²) >= 11 is 5.77. The lowest BCUT2D eigenvalue weighted by atomic mass is 9.95. The van der Waals surface area contributed by atoms with E-state index < -0.39 is 17.7 Å². The van der Waals surface area contributed by atoms with E-state index in [9.17, 15) is 9.59 Å². The van der Waals surface area contributed by atoms with Gasteiger partial charge in [0.25, 0.3) is 0 Å². The number of halogens is 1. The highest BCUT2D eigenvalue weighted by atomic mass is 35.5. The third kappa shape index (κ3) is 4.05. The molecule has 3 rings (SSSR count). The Bertz CT molecular complexity index is 634. The number of hydrogen-bond acceptors (Lipinski definition) is 4. The van der Waals surface area contributed by atoms with E-state index in [4.69, 9.17) is 21.4 Å². The van der Waals surface area contributed by atoms with Gasteiger partial charge in [0.05, 0.1) is 12.2 Å². The molecule has 1 aromatic carbocycles. The van der Waals surface area contributed by atoms with Gasteiger partial charge in [-0.15, -0.1) is 0 Å². The number of rotatable bonds is 1. The van der Waals surface area contributed by atoms with Gasteiger partial charge in [0, 0.05) is 23.8 Å². The molecule has 1 aromatic heterocycles. The van der Waals surface area contributed by atoms with Crippen LogP contribution in [0.4, 0.5) is 0 Å². The van der Waals surface area contributed by atoms with Gasteiger partial charge in [-0.3, -0.25) is 14.6 Å². The highest BCUT2D eigenvalue weighted by molar-refractivity contribution is 6.31. The molecule has 0 saturated carbocycles. The maximum absolute atomic E-state index is 11.9. The molecule has 0 amide bonds. The third-order valence-corrected chi connectivity index (χ3v) is 3.29. The SMILES string of the molecule is O=C(O)C1CCOc2ccc(Cl)cc2C1=O.c1ccncc1. The predicted octanol–water partition coefficient (Wildman–Crippen LogP) is 3.09. The zero-order valence-electron chi connectivity index (χ0n) is 11.6. The number of ether oxygens (including phenoxy) is 1. The van der Waals surface area contributed by atoms with Gasteiger partial charge >= 0.3 is 5.97 Å². The first-order valence-electron chi connectivity index (χ1n) is 6.64. The van der Waals surface area contributed by atoms with E-state index >= 15 is 0 Å². The van der Waals surface area contributed by atoms with Crippen LogP contribution in [-0.4, -0.2) is 28.4 Å². The Morgan fingerprint density at radius 2 is 2.00 bits per heavy atom. The summed E-state index contributed by atoms with van der Waals surface area (Å²) in [7, 11) is 0. The Balaban J connectivity index is 0.000000246. The van der Waals surface area contributed by atoms with Gasteiger partial charge in [-0.2, -0.15) is 0 Å². The second kappa shape index (κ2) is 7.56. The van der Waals surface area contributed by atoms with E-state index in [1.165, 1.54) is 6.07 Å². The Labute approximate surface area is 132 Å². The van der Waals surface area contributed by atoms with Gasteiger partial charge in [0.15, 0.2) is 5.78 Å². The molecule has 5 nitrogen and oxygen atoms in total. The molecule has 0 spiro atoms. The van der Waals surface area contributed by atoms with Crippen LogP contribution in [0.5, 0.6) is 5.75 Å². The van der Waals surface area contributed by atoms with Crippen molar-refractivity contribution in [3.8, 4) is 5.75 Å². The van der Waals surface area contributed by atoms with Crippen molar-refractivity contribution in [3.05, 3.63) is 59.4 Å². The second-order valence-electron chi connectivity index (χ2n) is 4.56. The van der Waals surface area contributed by atoms with E-state index in [0.717, 1.165) is 0 Å². The molecular weight excluding hydrogens is 306 g/mol. The normalized spacial score (nSPS) is 16.4. The van der Waals surface area contributed by atoms with E-state index in [1.54, 1.807) is 24.5 Å². The monoisotopic (exact) mass is 319 g/mol. The maximum atomic E-state index is 11.9. The average Bonchev–Trinajstić information content (AvgIpc) is 2.69. The summed E-state index contributed by atoms with van der Waals surface area (Å²) in [4.78, 5) is 26.6. The van der Waals surface area contributed by atoms with Crippen LogP contribution in [0.1, 0.15) is 16.8 Å². The van der Waals surface area contributed by atoms with Crippen LogP contribution in [0.3, 0.4) is 0 Å². The molecule has 0 aliphatic carbocycles. The minimum Gasteiger partial charge on any atom is -0.493 e. The van der Waals surface area contributed by atoms with Gasteiger partial charge < -0.3 is 9.84 Å². The van der Waals surface area contributed by atoms with Crippen LogP contribution in [-0.2, 0) is 4.79 Å². The highest BCUT2D eigenvalue weighted by Gasteiger charge is 2.31. The number of fused-ring (bicyclic) bond motifs is 1. The molecule has 0 radical (unpaired) electrons. The van der Waals surface area contributed by atoms with Crippen LogP contribution in [0.15, 0.2) is 48.8 Å². The lowest BCUT2D eigenvalue weighted by Crippen LogP contribution is -2.23. The number of nitrogens with zero attached hydrogens (tertiary/aromatic N) is 1. The molecule has 0 bridgehead atoms. The number of aliphatic carboxylic acids is 1. The molecule has 1 atom stereocenters. The molecule has 0 fully saturated rings. The summed E-state index contributed by atoms with van der Waals surface area (Å²) < 4.78 is 5.31. The Morgan fingerprint density at radius 1 is 1.27 bits per heavy atom. The van der Waals surface area contributed by atoms with E-state index in [1.807, 2.05) is 18.2 Å². The first-order valence-corrected chi connectivity index (χ1v) is 7.01. The number of aromatic nitrogens is 1. The summed E-state index contributed by atoms with van der Waals surface area (Å²) in [6, 6.07) is 10.3. The van der Waals surface area contributed by atoms with Gasteiger partial charge in [-0.05, 0) is 30.3 Å². The van der Waals surface area contributed by atoms with Gasteiger partial charge in [-0.25, -0.2) is 0 Å². The van der Waals surface area contributed by atoms with Crippen LogP contribution in [0, 0.1) is 5.92 Å². The first-order chi connectivity index (χ1) is 10.6. The molecule has 114 valence electrons. The highest BCUT2D eigenvalue weighted by Crippen LogP contribution is 2.29. The summed E-state index contributed by atoms with van der Waals surface area (Å²) in [5, 5.41) is 9.31. The lowest BCUT2D eigenvalue weighted by molar-refractivity contribution is -0.140. The van der Waals surface area contributed by atoms with Crippen LogP contribution in [0.2, 0.25) is 5.02 Å². The van der Waals surface area contributed by atoms with Crippen LogP contribution in [0.25, 0.3) is 0 Å². The number of Topliss-reactive ketones (excluding diaryl/α,β-unsaturated/α-hetero) is 1. The quantitative estimate of drug-likeness (QED) is 0.817. The predicted molar refractivity (Wildman–Crippen MR) is 81.3 cm³/mol. The molecule has 2 heterocycles. The smallest absolute Gasteiger partial charge is 0.314 e. The van der Waals surface area contributed by atoms with E-state index in [-0.39, 0.29) is 18.6 Å². The Kier molecular flexibility index (Phi) is 5.49. The van der Waals surface area contributed by atoms with Crippen molar-refractivity contribution < 1.29 is 19.4 Å². The van der Waals surface area contributed by atoms with Crippen molar-refractivity contribution in [2.45, 2.75) is 6.42 Å². The molecule has 1 unspecified atom stereocenters. The molecule has 1 aliphatic heterocycles. The standard InChI is InChI=1S/C11H9ClO4.C5H5N/c12-6-1-2-9-8(5-6)10(13)7(11(14)15)3-4-16-9;1-2-4-6-5-3-1/h1-2,5,7H,3-4H2,(H,14,15);1-5H. The fraction of sp³-hybridized carbons (Fsp3) is 0.188. The topological polar surface area (TPSA) is 76.5 Å². The molecular formula is C16H14ClNO4. The molecule has 2 aromatic rings. The Morgan fingerprint density at radius 3 is 2.55 bits per heavy atom. The minimum atomic E-state index is -1.12. The number of carbonyl (C=O) groups is 2. The van der Waals surface area contributed by atoms with Crippen molar-refractivity contribution in [2.75, 3.05) is 6.61 Å². The number of hydrogen-bond donors (Lipinski definition) is 1. The van der Waals surface area contributed by atoms with E-state index in [2.05, 4.69) is 4.98 Å². The van der Waals surface area contributed by atoms with Crippen molar-refractivity contribution >= 4 is 23.4 Å². The number of carbonyl (C=O) groups excluding carboxylic acids is 1. The number of benzene rings is 1. The fourth-order valence-electron chi connectivity index (χ4n) is 1.97. The first kappa shape index (κ1) is 16.0. The average molecular weight is 320 g/mol. The maximum Gasteiger partial charge on any atom is 0.314 e. The number of carboxylic acids is 1. The van der Waals surface area contributed by atoms with E-state index in [0.29, 0.717) is 10.8 Å². The Hall–Kier alpha value is -2.40. The summed E-state index contributed by atoms with van der Waals surface area (Å²) in [6.07, 6.45) is 3.68. The molecule has 1 aliphatic rings. The van der Waals surface area contributed by atoms with Gasteiger partial charge in [-0.1, -0.05) is 17.7 Å². The lowest BCUT2D eigenvalue weighted by Gasteiger charge is -2.06. The zero-order chi connectivity index (χ0) is 15.9. The fourth-order valence-corrected chi connectivity index (χ4v) is 2.15. The molecule has 6 heteroatoms. The molecule has 22 heavy (non-hydrogen) atoms. The molecule has 0 saturated heterocycles. The van der Waals surface area contributed by atoms with Gasteiger partial charge in [0.1, 0.15) is 11.7 Å². The summed E-state index contributed by atoms with van der Waals surface area (Å²) in [5.74, 6) is -2.21. The van der Waals surface area contributed by atoms with Gasteiger partial charge in [0.2, 0.25) is 0 Å². The largest absolute Gasteiger partial charge is 0.493 e. The van der Waals surface area contributed by atoms with Crippen molar-refractivity contribution in [1.29, 1.82) is 0 Å². The third-order valence-electron chi connectivity index (χ3n) is 3.05. The minimum absolute atomic E-state index is 0.181. The summed E-state index contributed by atoms with van der Waals surface area (Å²) in [6.45, 7) is 0.220. The van der Waals surface area contributed by atoms with Crippen molar-refractivity contribution in [1.82, 2.24) is 4.98 Å². The van der Waals surface area contributed by atoms with Crippen LogP contribution >= 0.6 is 11.6 Å². The second-order valence-corrected chi connectivity index (χ2v) is 4.99.